The first-order chi connectivity index (χ1) is 15.8. The van der Waals surface area contributed by atoms with Crippen LogP contribution >= 0.6 is 0 Å². The van der Waals surface area contributed by atoms with Gasteiger partial charge in [-0.2, -0.15) is 0 Å². The fraction of sp³-hybridized carbons (Fsp3) is 0.318. The number of aliphatic hydroxyl groups excluding tert-OH is 1. The van der Waals surface area contributed by atoms with Crippen LogP contribution in [0.15, 0.2) is 48.8 Å². The Morgan fingerprint density at radius 1 is 1.21 bits per heavy atom. The van der Waals surface area contributed by atoms with Gasteiger partial charge in [0.1, 0.15) is 17.4 Å². The van der Waals surface area contributed by atoms with Crippen LogP contribution in [0.3, 0.4) is 0 Å². The molecule has 3 aromatic rings. The molecule has 33 heavy (non-hydrogen) atoms. The summed E-state index contributed by atoms with van der Waals surface area (Å²) in [5, 5.41) is 28.2. The van der Waals surface area contributed by atoms with E-state index in [-0.39, 0.29) is 18.8 Å². The number of nitro groups is 1. The molecule has 1 heterocycles. The number of nitrogens with zero attached hydrogens (tertiary/aromatic N) is 3. The van der Waals surface area contributed by atoms with E-state index in [0.29, 0.717) is 17.9 Å². The molecule has 0 fully saturated rings. The van der Waals surface area contributed by atoms with Crippen molar-refractivity contribution < 1.29 is 23.5 Å². The number of anilines is 1. The van der Waals surface area contributed by atoms with Gasteiger partial charge in [-0.3, -0.25) is 4.57 Å². The molecule has 0 saturated heterocycles. The molecule has 2 atom stereocenters. The van der Waals surface area contributed by atoms with Crippen LogP contribution in [0.4, 0.5) is 20.4 Å². The number of halogens is 2. The van der Waals surface area contributed by atoms with Crippen LogP contribution in [-0.4, -0.2) is 45.4 Å². The number of nitrogens with one attached hydrogen (secondary N) is 2. The molecule has 0 amide bonds. The van der Waals surface area contributed by atoms with Gasteiger partial charge in [-0.25, -0.2) is 8.78 Å². The number of rotatable bonds is 11. The Balaban J connectivity index is 1.76. The number of aromatic nitrogens is 2. The molecule has 0 radical (unpaired) electrons. The maximum atomic E-state index is 13.7. The molecule has 0 spiro atoms. The average molecular weight is 461 g/mol. The van der Waals surface area contributed by atoms with Gasteiger partial charge in [-0.05, 0) is 51.7 Å². The van der Waals surface area contributed by atoms with E-state index in [1.807, 2.05) is 24.3 Å². The lowest BCUT2D eigenvalue weighted by molar-refractivity contribution is -0.388. The second-order valence-corrected chi connectivity index (χ2v) is 7.57. The Kier molecular flexibility index (Phi) is 7.91. The van der Waals surface area contributed by atoms with Crippen LogP contribution in [0.25, 0.3) is 0 Å². The minimum Gasteiger partial charge on any atom is -0.497 e. The van der Waals surface area contributed by atoms with Gasteiger partial charge >= 0.3 is 5.82 Å². The van der Waals surface area contributed by atoms with E-state index in [1.54, 1.807) is 14.2 Å². The summed E-state index contributed by atoms with van der Waals surface area (Å²) in [6.07, 6.45) is 0.225. The first-order valence-electron chi connectivity index (χ1n) is 10.2. The predicted molar refractivity (Wildman–Crippen MR) is 118 cm³/mol. The summed E-state index contributed by atoms with van der Waals surface area (Å²) >= 11 is 0. The van der Waals surface area contributed by atoms with E-state index in [0.717, 1.165) is 23.8 Å². The van der Waals surface area contributed by atoms with Crippen molar-refractivity contribution in [2.75, 3.05) is 19.0 Å². The van der Waals surface area contributed by atoms with Crippen molar-refractivity contribution in [1.82, 2.24) is 14.9 Å². The third kappa shape index (κ3) is 6.46. The molecule has 3 N–H and O–H groups in total. The Morgan fingerprint density at radius 3 is 2.61 bits per heavy atom. The van der Waals surface area contributed by atoms with Gasteiger partial charge in [0.05, 0.1) is 19.3 Å². The zero-order chi connectivity index (χ0) is 24.0. The maximum absolute atomic E-state index is 13.7. The molecule has 176 valence electrons. The molecule has 2 aromatic carbocycles. The number of aryl methyl sites for hydroxylation is 1. The van der Waals surface area contributed by atoms with Crippen LogP contribution in [0.5, 0.6) is 5.75 Å². The van der Waals surface area contributed by atoms with Crippen LogP contribution in [0.2, 0.25) is 0 Å². The summed E-state index contributed by atoms with van der Waals surface area (Å²) in [4.78, 5) is 14.4. The summed E-state index contributed by atoms with van der Waals surface area (Å²) in [5.74, 6) is -1.13. The number of ether oxygens (including phenoxy) is 1. The first kappa shape index (κ1) is 24.1. The van der Waals surface area contributed by atoms with Crippen molar-refractivity contribution in [2.45, 2.75) is 25.1 Å². The van der Waals surface area contributed by atoms with Crippen molar-refractivity contribution in [1.29, 1.82) is 0 Å². The molecule has 0 unspecified atom stereocenters. The van der Waals surface area contributed by atoms with E-state index in [2.05, 4.69) is 15.6 Å². The van der Waals surface area contributed by atoms with Gasteiger partial charge in [0.15, 0.2) is 0 Å². The topological polar surface area (TPSA) is 114 Å². The SMILES string of the molecule is COc1cccc(CNC[C@@H](O)[C@H](Cc2cc(F)cc(F)c2)Nc2c([N+](=O)[O-])ncn2C)c1. The lowest BCUT2D eigenvalue weighted by atomic mass is 10.0. The Morgan fingerprint density at radius 2 is 1.94 bits per heavy atom. The molecule has 0 aliphatic heterocycles. The molecule has 1 aromatic heterocycles. The van der Waals surface area contributed by atoms with E-state index in [9.17, 15) is 24.0 Å². The van der Waals surface area contributed by atoms with Gasteiger partial charge in [0, 0.05) is 26.2 Å². The normalized spacial score (nSPS) is 12.9. The summed E-state index contributed by atoms with van der Waals surface area (Å²) in [6.45, 7) is 0.541. The molecular weight excluding hydrogens is 436 g/mol. The zero-order valence-electron chi connectivity index (χ0n) is 18.2. The zero-order valence-corrected chi connectivity index (χ0v) is 18.2. The van der Waals surface area contributed by atoms with Gasteiger partial charge in [-0.15, -0.1) is 0 Å². The Bertz CT molecular complexity index is 1090. The van der Waals surface area contributed by atoms with Crippen LogP contribution in [0, 0.1) is 21.7 Å². The monoisotopic (exact) mass is 461 g/mol. The highest BCUT2D eigenvalue weighted by atomic mass is 19.1. The summed E-state index contributed by atoms with van der Waals surface area (Å²) in [6, 6.07) is 9.67. The van der Waals surface area contributed by atoms with Crippen molar-refractivity contribution in [3.05, 3.63) is 81.7 Å². The van der Waals surface area contributed by atoms with Gasteiger partial charge in [-0.1, -0.05) is 12.1 Å². The number of imidazole rings is 1. The van der Waals surface area contributed by atoms with E-state index in [4.69, 9.17) is 4.74 Å². The second kappa shape index (κ2) is 10.8. The third-order valence-electron chi connectivity index (χ3n) is 5.07. The fourth-order valence-corrected chi connectivity index (χ4v) is 3.45. The standard InChI is InChI=1S/C22H25F2N5O4/c1-28-13-26-21(29(31)32)22(28)27-19(9-15-6-16(23)10-17(24)7-15)20(30)12-25-11-14-4-3-5-18(8-14)33-2/h3-8,10,13,19-20,25,27,30H,9,11-12H2,1-2H3/t19-,20+/m0/s1. The summed E-state index contributed by atoms with van der Waals surface area (Å²) in [5.41, 5.74) is 1.22. The highest BCUT2D eigenvalue weighted by molar-refractivity contribution is 5.53. The van der Waals surface area contributed by atoms with E-state index >= 15 is 0 Å². The number of methoxy groups -OCH3 is 1. The van der Waals surface area contributed by atoms with Crippen LogP contribution in [0.1, 0.15) is 11.1 Å². The molecule has 9 nitrogen and oxygen atoms in total. The van der Waals surface area contributed by atoms with E-state index in [1.165, 1.54) is 10.9 Å². The summed E-state index contributed by atoms with van der Waals surface area (Å²) in [7, 11) is 3.13. The molecule has 0 aliphatic carbocycles. The maximum Gasteiger partial charge on any atom is 0.406 e. The third-order valence-corrected chi connectivity index (χ3v) is 5.07. The number of aliphatic hydroxyl groups is 1. The van der Waals surface area contributed by atoms with Crippen molar-refractivity contribution in [3.8, 4) is 5.75 Å². The largest absolute Gasteiger partial charge is 0.497 e. The average Bonchev–Trinajstić information content (AvgIpc) is 3.13. The lowest BCUT2D eigenvalue weighted by Gasteiger charge is -2.25. The Labute approximate surface area is 189 Å². The molecule has 3 rings (SSSR count). The van der Waals surface area contributed by atoms with E-state index < -0.39 is 34.5 Å². The Hall–Kier alpha value is -3.57. The fourth-order valence-electron chi connectivity index (χ4n) is 3.45. The highest BCUT2D eigenvalue weighted by Gasteiger charge is 2.27. The van der Waals surface area contributed by atoms with Crippen LogP contribution in [-0.2, 0) is 20.0 Å². The molecule has 0 bridgehead atoms. The lowest BCUT2D eigenvalue weighted by Crippen LogP contribution is -2.42. The van der Waals surface area contributed by atoms with Crippen molar-refractivity contribution in [2.24, 2.45) is 7.05 Å². The number of hydrogen-bond acceptors (Lipinski definition) is 7. The molecule has 0 aliphatic rings. The second-order valence-electron chi connectivity index (χ2n) is 7.57. The molecule has 0 saturated carbocycles. The smallest absolute Gasteiger partial charge is 0.406 e. The minimum absolute atomic E-state index is 0.0129. The van der Waals surface area contributed by atoms with Crippen molar-refractivity contribution in [3.63, 3.8) is 0 Å². The van der Waals surface area contributed by atoms with Crippen LogP contribution < -0.4 is 15.4 Å². The van der Waals surface area contributed by atoms with Crippen molar-refractivity contribution >= 4 is 11.6 Å². The highest BCUT2D eigenvalue weighted by Crippen LogP contribution is 2.24. The van der Waals surface area contributed by atoms with Gasteiger partial charge in [0.2, 0.25) is 12.1 Å². The predicted octanol–water partition coefficient (Wildman–Crippen LogP) is 2.79. The molecule has 11 heteroatoms. The minimum atomic E-state index is -1.06. The first-order valence-corrected chi connectivity index (χ1v) is 10.2. The van der Waals surface area contributed by atoms with Gasteiger partial charge < -0.3 is 30.6 Å². The van der Waals surface area contributed by atoms with Gasteiger partial charge in [0.25, 0.3) is 0 Å². The molecular formula is C22H25F2N5O4. The number of hydrogen-bond donors (Lipinski definition) is 3. The summed E-state index contributed by atoms with van der Waals surface area (Å²) < 4.78 is 34.0. The quantitative estimate of drug-likeness (QED) is 0.297. The number of benzene rings is 2.